The van der Waals surface area contributed by atoms with Gasteiger partial charge in [0.25, 0.3) is 0 Å². The molecular formula is C20H22. The van der Waals surface area contributed by atoms with Gasteiger partial charge in [0, 0.05) is 10.8 Å². The molecule has 20 heavy (non-hydrogen) atoms. The summed E-state index contributed by atoms with van der Waals surface area (Å²) >= 11 is 0. The van der Waals surface area contributed by atoms with Crippen LogP contribution in [0.1, 0.15) is 27.7 Å². The fraction of sp³-hybridized carbons (Fsp3) is 0.400. The lowest BCUT2D eigenvalue weighted by Gasteiger charge is -2.57. The number of hydrogen-bond acceptors (Lipinski definition) is 0. The number of allylic oxidation sites excluding steroid dienone is 12. The minimum absolute atomic E-state index is 0.0980. The van der Waals surface area contributed by atoms with Crippen LogP contribution in [0.4, 0.5) is 0 Å². The van der Waals surface area contributed by atoms with Crippen LogP contribution in [0.25, 0.3) is 0 Å². The molecule has 4 aliphatic carbocycles. The van der Waals surface area contributed by atoms with Gasteiger partial charge in [-0.25, -0.2) is 0 Å². The van der Waals surface area contributed by atoms with E-state index in [-0.39, 0.29) is 10.8 Å². The van der Waals surface area contributed by atoms with Crippen LogP contribution in [0.5, 0.6) is 0 Å². The molecule has 0 aromatic heterocycles. The van der Waals surface area contributed by atoms with Crippen molar-refractivity contribution in [2.45, 2.75) is 27.7 Å². The van der Waals surface area contributed by atoms with Crippen molar-refractivity contribution in [2.24, 2.45) is 22.7 Å². The first kappa shape index (κ1) is 12.2. The molecule has 0 fully saturated rings. The molecule has 0 aliphatic heterocycles. The third kappa shape index (κ3) is 1.19. The van der Waals surface area contributed by atoms with Gasteiger partial charge in [-0.05, 0) is 34.1 Å². The molecule has 0 heterocycles. The molecule has 0 aromatic rings. The lowest BCUT2D eigenvalue weighted by atomic mass is 9.45. The summed E-state index contributed by atoms with van der Waals surface area (Å²) in [4.78, 5) is 0. The van der Waals surface area contributed by atoms with E-state index in [0.717, 1.165) is 0 Å². The molecule has 4 aliphatic rings. The minimum Gasteiger partial charge on any atom is -0.0737 e. The number of rotatable bonds is 0. The van der Waals surface area contributed by atoms with E-state index in [1.165, 1.54) is 22.3 Å². The van der Waals surface area contributed by atoms with Crippen molar-refractivity contribution in [3.05, 3.63) is 70.9 Å². The van der Waals surface area contributed by atoms with Crippen molar-refractivity contribution in [1.82, 2.24) is 0 Å². The molecule has 0 bridgehead atoms. The van der Waals surface area contributed by atoms with E-state index in [9.17, 15) is 0 Å². The van der Waals surface area contributed by atoms with E-state index in [4.69, 9.17) is 0 Å². The maximum atomic E-state index is 2.44. The Morgan fingerprint density at radius 1 is 0.600 bits per heavy atom. The Labute approximate surface area is 122 Å². The van der Waals surface area contributed by atoms with Crippen molar-refractivity contribution in [3.63, 3.8) is 0 Å². The van der Waals surface area contributed by atoms with Crippen LogP contribution in [0.15, 0.2) is 70.9 Å². The number of hydrogen-bond donors (Lipinski definition) is 0. The fourth-order valence-corrected chi connectivity index (χ4v) is 4.63. The van der Waals surface area contributed by atoms with E-state index in [0.29, 0.717) is 11.8 Å². The van der Waals surface area contributed by atoms with Crippen LogP contribution in [0.2, 0.25) is 0 Å². The topological polar surface area (TPSA) is 0 Å². The first-order valence-electron chi connectivity index (χ1n) is 7.71. The summed E-state index contributed by atoms with van der Waals surface area (Å²) in [6.45, 7) is 9.43. The van der Waals surface area contributed by atoms with Crippen LogP contribution in [0.3, 0.4) is 0 Å². The standard InChI is InChI=1S/C20H22/c1-13-9-15-5-7-17-11-14(2)12-18-8-6-16(10-13)19(15,3)20(17,18)4/h5-14H,1-4H3. The maximum absolute atomic E-state index is 2.44. The van der Waals surface area contributed by atoms with E-state index in [2.05, 4.69) is 76.3 Å². The SMILES string of the molecule is CC1C=C2C=CC3=CC(C)C=C4C=CC(=C1)C2(C)C34C. The zero-order valence-electron chi connectivity index (χ0n) is 12.8. The smallest absolute Gasteiger partial charge is 0.0303 e. The second kappa shape index (κ2) is 3.55. The minimum atomic E-state index is 0.0980. The highest BCUT2D eigenvalue weighted by molar-refractivity contribution is 5.65. The first-order chi connectivity index (χ1) is 9.46. The predicted molar refractivity (Wildman–Crippen MR) is 85.2 cm³/mol. The molecule has 0 atom stereocenters. The lowest BCUT2D eigenvalue weighted by Crippen LogP contribution is -2.48. The largest absolute Gasteiger partial charge is 0.0737 e. The Hall–Kier alpha value is -1.56. The second-order valence-electron chi connectivity index (χ2n) is 7.12. The Bertz CT molecular complexity index is 565. The van der Waals surface area contributed by atoms with E-state index < -0.39 is 0 Å². The Balaban J connectivity index is 2.09. The average Bonchev–Trinajstić information content (AvgIpc) is 2.38. The van der Waals surface area contributed by atoms with Gasteiger partial charge in [0.2, 0.25) is 0 Å². The maximum Gasteiger partial charge on any atom is 0.0303 e. The summed E-state index contributed by atoms with van der Waals surface area (Å²) in [6, 6.07) is 0. The molecule has 0 amide bonds. The summed E-state index contributed by atoms with van der Waals surface area (Å²) in [6.07, 6.45) is 19.2. The monoisotopic (exact) mass is 262 g/mol. The Morgan fingerprint density at radius 3 is 1.10 bits per heavy atom. The van der Waals surface area contributed by atoms with Gasteiger partial charge in [-0.1, -0.05) is 76.3 Å². The zero-order chi connectivity index (χ0) is 14.1. The molecule has 0 N–H and O–H groups in total. The molecule has 0 aromatic carbocycles. The first-order valence-corrected chi connectivity index (χ1v) is 7.71. The molecule has 0 unspecified atom stereocenters. The molecular weight excluding hydrogens is 240 g/mol. The molecule has 0 nitrogen and oxygen atoms in total. The highest BCUT2D eigenvalue weighted by Crippen LogP contribution is 2.65. The van der Waals surface area contributed by atoms with Gasteiger partial charge in [-0.3, -0.25) is 0 Å². The molecule has 0 spiro atoms. The van der Waals surface area contributed by atoms with E-state index >= 15 is 0 Å². The molecule has 0 heteroatoms. The highest BCUT2D eigenvalue weighted by atomic mass is 14.6. The predicted octanol–water partition coefficient (Wildman–Crippen LogP) is 5.14. The summed E-state index contributed by atoms with van der Waals surface area (Å²) in [5, 5.41) is 0. The van der Waals surface area contributed by atoms with Crippen LogP contribution in [0, 0.1) is 22.7 Å². The molecule has 0 radical (unpaired) electrons. The quantitative estimate of drug-likeness (QED) is 0.567. The Kier molecular flexibility index (Phi) is 2.17. The van der Waals surface area contributed by atoms with Crippen molar-refractivity contribution < 1.29 is 0 Å². The summed E-state index contributed by atoms with van der Waals surface area (Å²) < 4.78 is 0. The second-order valence-corrected chi connectivity index (χ2v) is 7.12. The third-order valence-electron chi connectivity index (χ3n) is 5.96. The summed E-state index contributed by atoms with van der Waals surface area (Å²) in [7, 11) is 0. The van der Waals surface area contributed by atoms with Crippen LogP contribution in [-0.2, 0) is 0 Å². The molecule has 0 saturated heterocycles. The average molecular weight is 262 g/mol. The highest BCUT2D eigenvalue weighted by Gasteiger charge is 2.56. The summed E-state index contributed by atoms with van der Waals surface area (Å²) in [5.74, 6) is 1.06. The lowest BCUT2D eigenvalue weighted by molar-refractivity contribution is 0.239. The van der Waals surface area contributed by atoms with Crippen LogP contribution in [-0.4, -0.2) is 0 Å². The normalized spacial score (nSPS) is 44.2. The van der Waals surface area contributed by atoms with Gasteiger partial charge in [0.15, 0.2) is 0 Å². The zero-order valence-corrected chi connectivity index (χ0v) is 12.8. The van der Waals surface area contributed by atoms with Crippen molar-refractivity contribution in [1.29, 1.82) is 0 Å². The van der Waals surface area contributed by atoms with Crippen molar-refractivity contribution >= 4 is 0 Å². The van der Waals surface area contributed by atoms with Gasteiger partial charge in [-0.2, -0.15) is 0 Å². The van der Waals surface area contributed by atoms with Gasteiger partial charge < -0.3 is 0 Å². The van der Waals surface area contributed by atoms with Gasteiger partial charge >= 0.3 is 0 Å². The van der Waals surface area contributed by atoms with E-state index in [1.54, 1.807) is 0 Å². The summed E-state index contributed by atoms with van der Waals surface area (Å²) in [5.41, 5.74) is 6.17. The fourth-order valence-electron chi connectivity index (χ4n) is 4.63. The van der Waals surface area contributed by atoms with Crippen molar-refractivity contribution in [3.8, 4) is 0 Å². The van der Waals surface area contributed by atoms with Gasteiger partial charge in [0.05, 0.1) is 0 Å². The molecule has 4 rings (SSSR count). The van der Waals surface area contributed by atoms with Crippen LogP contribution >= 0.6 is 0 Å². The molecule has 0 saturated carbocycles. The Morgan fingerprint density at radius 2 is 0.850 bits per heavy atom. The van der Waals surface area contributed by atoms with E-state index in [1.807, 2.05) is 0 Å². The molecule has 102 valence electrons. The van der Waals surface area contributed by atoms with Gasteiger partial charge in [-0.15, -0.1) is 0 Å². The third-order valence-corrected chi connectivity index (χ3v) is 5.96. The van der Waals surface area contributed by atoms with Gasteiger partial charge in [0.1, 0.15) is 0 Å². The van der Waals surface area contributed by atoms with Crippen molar-refractivity contribution in [2.75, 3.05) is 0 Å². The van der Waals surface area contributed by atoms with Crippen LogP contribution < -0.4 is 0 Å².